The molecule has 0 aliphatic carbocycles. The first-order chi connectivity index (χ1) is 7.88. The first-order valence-corrected chi connectivity index (χ1v) is 6.37. The van der Waals surface area contributed by atoms with Crippen molar-refractivity contribution in [3.63, 3.8) is 0 Å². The van der Waals surface area contributed by atoms with E-state index in [-0.39, 0.29) is 18.4 Å². The maximum atomic E-state index is 11.9. The number of carbonyl (C=O) groups excluding carboxylic acids is 2. The molecule has 4 heteroatoms. The van der Waals surface area contributed by atoms with Gasteiger partial charge in [-0.1, -0.05) is 27.2 Å². The Morgan fingerprint density at radius 2 is 1.82 bits per heavy atom. The summed E-state index contributed by atoms with van der Waals surface area (Å²) in [6.45, 7) is 9.31. The second-order valence-electron chi connectivity index (χ2n) is 4.96. The fourth-order valence-corrected chi connectivity index (χ4v) is 1.55. The van der Waals surface area contributed by atoms with Crippen LogP contribution in [-0.4, -0.2) is 48.3 Å². The van der Waals surface area contributed by atoms with Gasteiger partial charge in [0.2, 0.25) is 11.8 Å². The van der Waals surface area contributed by atoms with Crippen LogP contribution in [0.2, 0.25) is 0 Å². The summed E-state index contributed by atoms with van der Waals surface area (Å²) >= 11 is 0. The predicted molar refractivity (Wildman–Crippen MR) is 69.6 cm³/mol. The van der Waals surface area contributed by atoms with Crippen molar-refractivity contribution >= 4 is 11.8 Å². The van der Waals surface area contributed by atoms with E-state index in [9.17, 15) is 9.59 Å². The van der Waals surface area contributed by atoms with E-state index in [2.05, 4.69) is 6.92 Å². The Morgan fingerprint density at radius 1 is 1.24 bits per heavy atom. The summed E-state index contributed by atoms with van der Waals surface area (Å²) in [5, 5.41) is 0. The molecular weight excluding hydrogens is 216 g/mol. The van der Waals surface area contributed by atoms with Crippen LogP contribution in [-0.2, 0) is 9.59 Å². The molecule has 17 heavy (non-hydrogen) atoms. The Labute approximate surface area is 105 Å². The van der Waals surface area contributed by atoms with Crippen molar-refractivity contribution in [3.8, 4) is 0 Å². The molecule has 0 aromatic carbocycles. The van der Waals surface area contributed by atoms with Crippen LogP contribution < -0.4 is 0 Å². The maximum Gasteiger partial charge on any atom is 0.241 e. The molecular formula is C13H26N2O2. The van der Waals surface area contributed by atoms with Crippen molar-refractivity contribution in [3.05, 3.63) is 0 Å². The van der Waals surface area contributed by atoms with Gasteiger partial charge in [0.05, 0.1) is 6.54 Å². The van der Waals surface area contributed by atoms with Gasteiger partial charge in [0.1, 0.15) is 0 Å². The lowest BCUT2D eigenvalue weighted by atomic mass is 10.2. The molecule has 2 amide bonds. The molecule has 0 bridgehead atoms. The fourth-order valence-electron chi connectivity index (χ4n) is 1.55. The van der Waals surface area contributed by atoms with Crippen molar-refractivity contribution in [2.24, 2.45) is 5.92 Å². The van der Waals surface area contributed by atoms with Crippen molar-refractivity contribution in [2.45, 2.75) is 40.5 Å². The van der Waals surface area contributed by atoms with E-state index in [1.165, 1.54) is 6.92 Å². The van der Waals surface area contributed by atoms with Crippen LogP contribution in [0.15, 0.2) is 0 Å². The van der Waals surface area contributed by atoms with E-state index in [0.29, 0.717) is 12.5 Å². The van der Waals surface area contributed by atoms with Crippen molar-refractivity contribution in [1.29, 1.82) is 0 Å². The largest absolute Gasteiger partial charge is 0.344 e. The van der Waals surface area contributed by atoms with Gasteiger partial charge in [0, 0.05) is 27.1 Å². The minimum absolute atomic E-state index is 0.0225. The zero-order valence-electron chi connectivity index (χ0n) is 11.8. The second kappa shape index (κ2) is 8.09. The first kappa shape index (κ1) is 15.9. The van der Waals surface area contributed by atoms with E-state index in [0.717, 1.165) is 19.4 Å². The van der Waals surface area contributed by atoms with Gasteiger partial charge >= 0.3 is 0 Å². The van der Waals surface area contributed by atoms with Gasteiger partial charge in [0.25, 0.3) is 0 Å². The summed E-state index contributed by atoms with van der Waals surface area (Å²) in [6, 6.07) is 0. The van der Waals surface area contributed by atoms with Gasteiger partial charge in [-0.3, -0.25) is 9.59 Å². The molecule has 0 spiro atoms. The third kappa shape index (κ3) is 6.97. The normalized spacial score (nSPS) is 10.5. The van der Waals surface area contributed by atoms with Crippen LogP contribution in [0.3, 0.4) is 0 Å². The zero-order valence-corrected chi connectivity index (χ0v) is 11.8. The van der Waals surface area contributed by atoms with Crippen LogP contribution in [0.5, 0.6) is 0 Å². The summed E-state index contributed by atoms with van der Waals surface area (Å²) in [7, 11) is 1.80. The first-order valence-electron chi connectivity index (χ1n) is 6.37. The molecule has 0 aromatic rings. The molecule has 0 radical (unpaired) electrons. The highest BCUT2D eigenvalue weighted by molar-refractivity contribution is 5.83. The molecule has 0 atom stereocenters. The molecule has 4 nitrogen and oxygen atoms in total. The lowest BCUT2D eigenvalue weighted by molar-refractivity contribution is -0.139. The second-order valence-corrected chi connectivity index (χ2v) is 4.96. The number of amides is 2. The van der Waals surface area contributed by atoms with Gasteiger partial charge in [0.15, 0.2) is 0 Å². The predicted octanol–water partition coefficient (Wildman–Crippen LogP) is 1.75. The third-order valence-corrected chi connectivity index (χ3v) is 2.63. The van der Waals surface area contributed by atoms with Crippen LogP contribution in [0.1, 0.15) is 40.5 Å². The van der Waals surface area contributed by atoms with E-state index in [4.69, 9.17) is 0 Å². The topological polar surface area (TPSA) is 40.6 Å². The Kier molecular flexibility index (Phi) is 7.59. The van der Waals surface area contributed by atoms with Crippen molar-refractivity contribution in [2.75, 3.05) is 26.7 Å². The summed E-state index contributed by atoms with van der Waals surface area (Å²) in [4.78, 5) is 26.6. The van der Waals surface area contributed by atoms with Crippen LogP contribution >= 0.6 is 0 Å². The van der Waals surface area contributed by atoms with E-state index >= 15 is 0 Å². The molecule has 0 aromatic heterocycles. The molecule has 0 saturated heterocycles. The summed E-state index contributed by atoms with van der Waals surface area (Å²) in [6.07, 6.45) is 2.08. The molecule has 0 rings (SSSR count). The molecule has 0 aliphatic rings. The van der Waals surface area contributed by atoms with Crippen LogP contribution in [0.4, 0.5) is 0 Å². The summed E-state index contributed by atoms with van der Waals surface area (Å²) in [5.74, 6) is 0.373. The number of nitrogens with zero attached hydrogens (tertiary/aromatic N) is 2. The number of hydrogen-bond acceptors (Lipinski definition) is 2. The summed E-state index contributed by atoms with van der Waals surface area (Å²) in [5.41, 5.74) is 0. The molecule has 0 fully saturated rings. The lowest BCUT2D eigenvalue weighted by Crippen LogP contribution is -2.42. The number of likely N-dealkylation sites (N-methyl/N-ethyl adjacent to an activating group) is 1. The Hall–Kier alpha value is -1.06. The van der Waals surface area contributed by atoms with Crippen LogP contribution in [0, 0.1) is 5.92 Å². The molecule has 0 unspecified atom stereocenters. The SMILES string of the molecule is CCCCN(C)C(=O)CN(CC(C)C)C(C)=O. The standard InChI is InChI=1S/C13H26N2O2/c1-6-7-8-14(5)13(17)10-15(12(4)16)9-11(2)3/h11H,6-10H2,1-5H3. The lowest BCUT2D eigenvalue weighted by Gasteiger charge is -2.25. The van der Waals surface area contributed by atoms with Gasteiger partial charge in [-0.2, -0.15) is 0 Å². The molecule has 0 heterocycles. The van der Waals surface area contributed by atoms with Gasteiger partial charge in [-0.15, -0.1) is 0 Å². The molecule has 0 N–H and O–H groups in total. The van der Waals surface area contributed by atoms with E-state index in [1.807, 2.05) is 13.8 Å². The number of hydrogen-bond donors (Lipinski definition) is 0. The minimum Gasteiger partial charge on any atom is -0.344 e. The van der Waals surface area contributed by atoms with Gasteiger partial charge in [-0.25, -0.2) is 0 Å². The molecule has 0 aliphatic heterocycles. The highest BCUT2D eigenvalue weighted by atomic mass is 16.2. The quantitative estimate of drug-likeness (QED) is 0.682. The van der Waals surface area contributed by atoms with Crippen molar-refractivity contribution in [1.82, 2.24) is 9.80 Å². The summed E-state index contributed by atoms with van der Waals surface area (Å²) < 4.78 is 0. The third-order valence-electron chi connectivity index (χ3n) is 2.63. The Bertz CT molecular complexity index is 252. The van der Waals surface area contributed by atoms with Gasteiger partial charge in [-0.05, 0) is 12.3 Å². The Morgan fingerprint density at radius 3 is 2.24 bits per heavy atom. The van der Waals surface area contributed by atoms with Gasteiger partial charge < -0.3 is 9.80 Å². The fraction of sp³-hybridized carbons (Fsp3) is 0.846. The van der Waals surface area contributed by atoms with Crippen molar-refractivity contribution < 1.29 is 9.59 Å². The van der Waals surface area contributed by atoms with E-state index in [1.54, 1.807) is 16.8 Å². The average molecular weight is 242 g/mol. The smallest absolute Gasteiger partial charge is 0.241 e. The highest BCUT2D eigenvalue weighted by Crippen LogP contribution is 2.01. The minimum atomic E-state index is -0.0315. The highest BCUT2D eigenvalue weighted by Gasteiger charge is 2.17. The molecule has 100 valence electrons. The number of rotatable bonds is 7. The molecule has 0 saturated carbocycles. The Balaban J connectivity index is 4.25. The number of unbranched alkanes of at least 4 members (excludes halogenated alkanes) is 1. The van der Waals surface area contributed by atoms with E-state index < -0.39 is 0 Å². The number of carbonyl (C=O) groups is 2. The van der Waals surface area contributed by atoms with Crippen LogP contribution in [0.25, 0.3) is 0 Å². The maximum absolute atomic E-state index is 11.9. The monoisotopic (exact) mass is 242 g/mol. The zero-order chi connectivity index (χ0) is 13.4. The average Bonchev–Trinajstić information content (AvgIpc) is 2.23.